The number of aromatic nitrogens is 4. The molecular formula is C16H16ClN5OS. The molecule has 0 fully saturated rings. The van der Waals surface area contributed by atoms with Crippen LogP contribution in [0.25, 0.3) is 11.2 Å². The predicted molar refractivity (Wildman–Crippen MR) is 95.2 cm³/mol. The number of rotatable bonds is 6. The first-order valence-electron chi connectivity index (χ1n) is 7.46. The first-order valence-corrected chi connectivity index (χ1v) is 8.72. The standard InChI is InChI=1S/C16H16ClN5OS/c1-10(24-16-13-14(20-8-19-13)21-9-22-16)15(23)18-7-6-11-2-4-12(17)5-3-11/h2-5,8-10H,6-7H2,1H3,(H,18,23)(H,19,20,21,22). The van der Waals surface area contributed by atoms with Gasteiger partial charge in [-0.05, 0) is 31.0 Å². The van der Waals surface area contributed by atoms with Crippen molar-refractivity contribution >= 4 is 40.4 Å². The Morgan fingerprint density at radius 3 is 2.88 bits per heavy atom. The van der Waals surface area contributed by atoms with Crippen molar-refractivity contribution in [2.75, 3.05) is 6.54 Å². The number of nitrogens with one attached hydrogen (secondary N) is 2. The van der Waals surface area contributed by atoms with Crippen molar-refractivity contribution in [1.29, 1.82) is 0 Å². The van der Waals surface area contributed by atoms with E-state index in [1.807, 2.05) is 31.2 Å². The molecule has 2 N–H and O–H groups in total. The summed E-state index contributed by atoms with van der Waals surface area (Å²) in [6, 6.07) is 7.62. The lowest BCUT2D eigenvalue weighted by Crippen LogP contribution is -2.32. The van der Waals surface area contributed by atoms with E-state index in [0.29, 0.717) is 17.2 Å². The van der Waals surface area contributed by atoms with Crippen LogP contribution in [0.4, 0.5) is 0 Å². The first kappa shape index (κ1) is 16.7. The molecule has 1 unspecified atom stereocenters. The van der Waals surface area contributed by atoms with Gasteiger partial charge in [-0.25, -0.2) is 15.0 Å². The van der Waals surface area contributed by atoms with Gasteiger partial charge in [0.25, 0.3) is 0 Å². The van der Waals surface area contributed by atoms with E-state index in [0.717, 1.165) is 22.5 Å². The van der Waals surface area contributed by atoms with Crippen LogP contribution < -0.4 is 5.32 Å². The fraction of sp³-hybridized carbons (Fsp3) is 0.250. The number of hydrogen-bond acceptors (Lipinski definition) is 5. The van der Waals surface area contributed by atoms with Crippen molar-refractivity contribution in [3.05, 3.63) is 47.5 Å². The summed E-state index contributed by atoms with van der Waals surface area (Å²) in [7, 11) is 0. The van der Waals surface area contributed by atoms with Crippen LogP contribution in [-0.2, 0) is 11.2 Å². The lowest BCUT2D eigenvalue weighted by Gasteiger charge is -2.11. The van der Waals surface area contributed by atoms with E-state index in [1.54, 1.807) is 6.33 Å². The van der Waals surface area contributed by atoms with Gasteiger partial charge < -0.3 is 10.3 Å². The van der Waals surface area contributed by atoms with E-state index in [2.05, 4.69) is 25.3 Å². The molecular weight excluding hydrogens is 346 g/mol. The summed E-state index contributed by atoms with van der Waals surface area (Å²) < 4.78 is 0. The average molecular weight is 362 g/mol. The van der Waals surface area contributed by atoms with Gasteiger partial charge in [-0.3, -0.25) is 4.79 Å². The number of carbonyl (C=O) groups excluding carboxylic acids is 1. The van der Waals surface area contributed by atoms with Gasteiger partial charge in [0.2, 0.25) is 5.91 Å². The maximum absolute atomic E-state index is 12.2. The second-order valence-corrected chi connectivity index (χ2v) is 6.97. The lowest BCUT2D eigenvalue weighted by atomic mass is 10.1. The number of hydrogen-bond donors (Lipinski definition) is 2. The van der Waals surface area contributed by atoms with Crippen LogP contribution in [0.1, 0.15) is 12.5 Å². The van der Waals surface area contributed by atoms with Crippen LogP contribution in [0.2, 0.25) is 5.02 Å². The molecule has 6 nitrogen and oxygen atoms in total. The lowest BCUT2D eigenvalue weighted by molar-refractivity contribution is -0.120. The Kier molecular flexibility index (Phi) is 5.32. The van der Waals surface area contributed by atoms with Gasteiger partial charge in [-0.2, -0.15) is 0 Å². The highest BCUT2D eigenvalue weighted by Crippen LogP contribution is 2.25. The molecule has 1 atom stereocenters. The molecule has 1 aromatic carbocycles. The van der Waals surface area contributed by atoms with Crippen molar-refractivity contribution in [2.45, 2.75) is 23.6 Å². The summed E-state index contributed by atoms with van der Waals surface area (Å²) in [5.41, 5.74) is 2.49. The molecule has 3 aromatic rings. The number of halogens is 1. The fourth-order valence-electron chi connectivity index (χ4n) is 2.18. The van der Waals surface area contributed by atoms with Gasteiger partial charge in [0.1, 0.15) is 16.9 Å². The quantitative estimate of drug-likeness (QED) is 0.521. The van der Waals surface area contributed by atoms with Crippen LogP contribution >= 0.6 is 23.4 Å². The molecule has 1 amide bonds. The molecule has 0 saturated heterocycles. The molecule has 2 heterocycles. The minimum Gasteiger partial charge on any atom is -0.355 e. The first-order chi connectivity index (χ1) is 11.6. The molecule has 3 rings (SSSR count). The number of H-pyrrole nitrogens is 1. The average Bonchev–Trinajstić information content (AvgIpc) is 3.06. The zero-order valence-corrected chi connectivity index (χ0v) is 14.6. The molecule has 8 heteroatoms. The SMILES string of the molecule is CC(Sc1ncnc2nc[nH]c12)C(=O)NCCc1ccc(Cl)cc1. The third-order valence-electron chi connectivity index (χ3n) is 3.47. The van der Waals surface area contributed by atoms with Crippen LogP contribution in [-0.4, -0.2) is 37.6 Å². The molecule has 0 aliphatic heterocycles. The zero-order chi connectivity index (χ0) is 16.9. The van der Waals surface area contributed by atoms with E-state index in [4.69, 9.17) is 11.6 Å². The Bertz CT molecular complexity index is 836. The second kappa shape index (κ2) is 7.63. The fourth-order valence-corrected chi connectivity index (χ4v) is 3.21. The second-order valence-electron chi connectivity index (χ2n) is 5.21. The molecule has 0 spiro atoms. The van der Waals surface area contributed by atoms with Crippen molar-refractivity contribution < 1.29 is 4.79 Å². The summed E-state index contributed by atoms with van der Waals surface area (Å²) >= 11 is 7.24. The molecule has 0 saturated carbocycles. The van der Waals surface area contributed by atoms with Crippen molar-refractivity contribution in [3.8, 4) is 0 Å². The monoisotopic (exact) mass is 361 g/mol. The van der Waals surface area contributed by atoms with E-state index in [1.165, 1.54) is 18.1 Å². The number of amides is 1. The number of aromatic amines is 1. The van der Waals surface area contributed by atoms with Crippen molar-refractivity contribution in [2.24, 2.45) is 0 Å². The zero-order valence-electron chi connectivity index (χ0n) is 13.0. The van der Waals surface area contributed by atoms with Gasteiger partial charge in [-0.15, -0.1) is 0 Å². The summed E-state index contributed by atoms with van der Waals surface area (Å²) in [6.45, 7) is 2.43. The van der Waals surface area contributed by atoms with E-state index < -0.39 is 0 Å². The molecule has 2 aromatic heterocycles. The number of imidazole rings is 1. The maximum Gasteiger partial charge on any atom is 0.233 e. The largest absolute Gasteiger partial charge is 0.355 e. The minimum absolute atomic E-state index is 0.0276. The Labute approximate surface area is 148 Å². The highest BCUT2D eigenvalue weighted by Gasteiger charge is 2.17. The highest BCUT2D eigenvalue weighted by molar-refractivity contribution is 8.00. The summed E-state index contributed by atoms with van der Waals surface area (Å²) in [4.78, 5) is 27.6. The molecule has 0 bridgehead atoms. The molecule has 0 aliphatic rings. The maximum atomic E-state index is 12.2. The van der Waals surface area contributed by atoms with Gasteiger partial charge in [0, 0.05) is 11.6 Å². The van der Waals surface area contributed by atoms with Gasteiger partial charge in [0.05, 0.1) is 11.6 Å². The Morgan fingerprint density at radius 1 is 1.29 bits per heavy atom. The smallest absolute Gasteiger partial charge is 0.233 e. The molecule has 124 valence electrons. The Balaban J connectivity index is 1.53. The topological polar surface area (TPSA) is 83.6 Å². The molecule has 0 aliphatic carbocycles. The molecule has 0 radical (unpaired) electrons. The van der Waals surface area contributed by atoms with Gasteiger partial charge in [-0.1, -0.05) is 35.5 Å². The summed E-state index contributed by atoms with van der Waals surface area (Å²) in [6.07, 6.45) is 3.79. The van der Waals surface area contributed by atoms with Crippen LogP contribution in [0.3, 0.4) is 0 Å². The minimum atomic E-state index is -0.267. The normalized spacial score (nSPS) is 12.2. The van der Waals surface area contributed by atoms with E-state index in [-0.39, 0.29) is 11.2 Å². The Hall–Kier alpha value is -2.12. The van der Waals surface area contributed by atoms with Crippen molar-refractivity contribution in [1.82, 2.24) is 25.3 Å². The third kappa shape index (κ3) is 4.04. The molecule has 24 heavy (non-hydrogen) atoms. The number of carbonyl (C=O) groups is 1. The van der Waals surface area contributed by atoms with Crippen molar-refractivity contribution in [3.63, 3.8) is 0 Å². The van der Waals surface area contributed by atoms with E-state index in [9.17, 15) is 4.79 Å². The summed E-state index contributed by atoms with van der Waals surface area (Å²) in [5.74, 6) is -0.0276. The van der Waals surface area contributed by atoms with Gasteiger partial charge in [0.15, 0.2) is 5.65 Å². The number of fused-ring (bicyclic) bond motifs is 1. The van der Waals surface area contributed by atoms with E-state index >= 15 is 0 Å². The predicted octanol–water partition coefficient (Wildman–Crippen LogP) is 2.85. The Morgan fingerprint density at radius 2 is 2.08 bits per heavy atom. The number of nitrogens with zero attached hydrogens (tertiary/aromatic N) is 3. The van der Waals surface area contributed by atoms with Crippen LogP contribution in [0.15, 0.2) is 41.9 Å². The third-order valence-corrected chi connectivity index (χ3v) is 4.82. The summed E-state index contributed by atoms with van der Waals surface area (Å²) in [5, 5.41) is 4.11. The number of thioether (sulfide) groups is 1. The van der Waals surface area contributed by atoms with Gasteiger partial charge >= 0.3 is 0 Å². The van der Waals surface area contributed by atoms with Crippen LogP contribution in [0, 0.1) is 0 Å². The highest BCUT2D eigenvalue weighted by atomic mass is 35.5. The number of benzene rings is 1. The van der Waals surface area contributed by atoms with Crippen LogP contribution in [0.5, 0.6) is 0 Å².